The molecule has 0 radical (unpaired) electrons. The summed E-state index contributed by atoms with van der Waals surface area (Å²) in [6, 6.07) is 4.31. The van der Waals surface area contributed by atoms with Crippen LogP contribution in [-0.2, 0) is 4.74 Å². The summed E-state index contributed by atoms with van der Waals surface area (Å²) in [5.74, 6) is 0. The second kappa shape index (κ2) is 6.91. The summed E-state index contributed by atoms with van der Waals surface area (Å²) < 4.78 is 5.76. The van der Waals surface area contributed by atoms with Gasteiger partial charge >= 0.3 is 0 Å². The highest BCUT2D eigenvalue weighted by atomic mass is 16.5. The third kappa shape index (κ3) is 4.29. The van der Waals surface area contributed by atoms with Crippen LogP contribution in [0.2, 0.25) is 0 Å². The fraction of sp³-hybridized carbons (Fsp3) is 0.667. The van der Waals surface area contributed by atoms with Gasteiger partial charge in [0.25, 0.3) is 0 Å². The van der Waals surface area contributed by atoms with E-state index in [0.717, 1.165) is 31.6 Å². The Balaban J connectivity index is 1.97. The van der Waals surface area contributed by atoms with Crippen molar-refractivity contribution >= 4 is 0 Å². The lowest BCUT2D eigenvalue weighted by Gasteiger charge is -2.35. The fourth-order valence-electron chi connectivity index (χ4n) is 3.63. The average molecular weight is 291 g/mol. The van der Waals surface area contributed by atoms with Crippen molar-refractivity contribution in [2.75, 3.05) is 19.6 Å². The normalized spacial score (nSPS) is 25.0. The highest BCUT2D eigenvalue weighted by Crippen LogP contribution is 2.26. The smallest absolute Gasteiger partial charge is 0.0807 e. The maximum atomic E-state index is 10.6. The number of ether oxygens (including phenoxy) is 1. The molecule has 1 heterocycles. The highest BCUT2D eigenvalue weighted by molar-refractivity contribution is 5.38. The van der Waals surface area contributed by atoms with Gasteiger partial charge in [0.15, 0.2) is 0 Å². The summed E-state index contributed by atoms with van der Waals surface area (Å²) in [5, 5.41) is 10.6. The predicted molar refractivity (Wildman–Crippen MR) is 86.7 cm³/mol. The molecule has 1 aromatic rings. The van der Waals surface area contributed by atoms with E-state index in [0.29, 0.717) is 0 Å². The number of aliphatic hydroxyl groups excluding tert-OH is 1. The van der Waals surface area contributed by atoms with Gasteiger partial charge in [-0.25, -0.2) is 0 Å². The first kappa shape index (κ1) is 16.5. The van der Waals surface area contributed by atoms with Crippen molar-refractivity contribution in [3.05, 3.63) is 34.4 Å². The first-order chi connectivity index (χ1) is 9.86. The Morgan fingerprint density at radius 2 is 1.67 bits per heavy atom. The molecule has 21 heavy (non-hydrogen) atoms. The number of aliphatic hydroxyl groups is 1. The summed E-state index contributed by atoms with van der Waals surface area (Å²) in [6.45, 7) is 13.4. The van der Waals surface area contributed by atoms with E-state index in [-0.39, 0.29) is 18.3 Å². The fourth-order valence-corrected chi connectivity index (χ4v) is 3.63. The van der Waals surface area contributed by atoms with Crippen LogP contribution in [0.15, 0.2) is 12.1 Å². The van der Waals surface area contributed by atoms with Crippen LogP contribution < -0.4 is 0 Å². The third-order valence-corrected chi connectivity index (χ3v) is 4.29. The molecule has 3 heteroatoms. The Kier molecular flexibility index (Phi) is 5.42. The van der Waals surface area contributed by atoms with E-state index in [4.69, 9.17) is 4.74 Å². The maximum Gasteiger partial charge on any atom is 0.0807 e. The van der Waals surface area contributed by atoms with Crippen LogP contribution in [0.5, 0.6) is 0 Å². The molecule has 2 rings (SSSR count). The molecule has 0 spiro atoms. The lowest BCUT2D eigenvalue weighted by molar-refractivity contribution is -0.0703. The van der Waals surface area contributed by atoms with Crippen molar-refractivity contribution in [3.63, 3.8) is 0 Å². The van der Waals surface area contributed by atoms with Gasteiger partial charge in [-0.1, -0.05) is 17.7 Å². The lowest BCUT2D eigenvalue weighted by atomic mass is 9.94. The summed E-state index contributed by atoms with van der Waals surface area (Å²) in [6.07, 6.45) is 0.978. The molecule has 1 aliphatic rings. The zero-order valence-electron chi connectivity index (χ0n) is 14.0. The molecule has 1 saturated heterocycles. The van der Waals surface area contributed by atoms with Crippen LogP contribution in [0, 0.1) is 20.8 Å². The molecule has 1 fully saturated rings. The summed E-state index contributed by atoms with van der Waals surface area (Å²) >= 11 is 0. The molecule has 0 bridgehead atoms. The van der Waals surface area contributed by atoms with Gasteiger partial charge in [-0.15, -0.1) is 0 Å². The van der Waals surface area contributed by atoms with Crippen LogP contribution in [-0.4, -0.2) is 41.8 Å². The highest BCUT2D eigenvalue weighted by Gasteiger charge is 2.23. The predicted octanol–water partition coefficient (Wildman–Crippen LogP) is 3.14. The number of benzene rings is 1. The Morgan fingerprint density at radius 3 is 2.19 bits per heavy atom. The first-order valence-corrected chi connectivity index (χ1v) is 8.00. The standard InChI is InChI=1S/C18H29NO2/c1-12-8-13(2)18(14(3)9-12)17(20)6-7-19-10-15(4)21-16(5)11-19/h8-9,15-17,20H,6-7,10-11H2,1-5H3. The number of hydrogen-bond acceptors (Lipinski definition) is 3. The van der Waals surface area contributed by atoms with Gasteiger partial charge in [-0.2, -0.15) is 0 Å². The molecule has 3 nitrogen and oxygen atoms in total. The number of rotatable bonds is 4. The summed E-state index contributed by atoms with van der Waals surface area (Å²) in [5.41, 5.74) is 4.76. The molecule has 1 N–H and O–H groups in total. The molecule has 118 valence electrons. The topological polar surface area (TPSA) is 32.7 Å². The summed E-state index contributed by atoms with van der Waals surface area (Å²) in [4.78, 5) is 2.40. The van der Waals surface area contributed by atoms with Crippen LogP contribution in [0.1, 0.15) is 48.6 Å². The zero-order chi connectivity index (χ0) is 15.6. The largest absolute Gasteiger partial charge is 0.388 e. The van der Waals surface area contributed by atoms with E-state index in [2.05, 4.69) is 51.7 Å². The molecule has 0 aromatic heterocycles. The van der Waals surface area contributed by atoms with Gasteiger partial charge in [0.05, 0.1) is 18.3 Å². The van der Waals surface area contributed by atoms with E-state index in [1.807, 2.05) is 0 Å². The number of morpholine rings is 1. The monoisotopic (exact) mass is 291 g/mol. The quantitative estimate of drug-likeness (QED) is 0.925. The minimum absolute atomic E-state index is 0.286. The van der Waals surface area contributed by atoms with E-state index in [1.165, 1.54) is 16.7 Å². The van der Waals surface area contributed by atoms with Crippen LogP contribution in [0.3, 0.4) is 0 Å². The zero-order valence-corrected chi connectivity index (χ0v) is 14.0. The Bertz CT molecular complexity index is 453. The third-order valence-electron chi connectivity index (χ3n) is 4.29. The van der Waals surface area contributed by atoms with Crippen molar-refractivity contribution in [3.8, 4) is 0 Å². The van der Waals surface area contributed by atoms with Gasteiger partial charge in [-0.05, 0) is 57.7 Å². The van der Waals surface area contributed by atoms with Crippen LogP contribution in [0.25, 0.3) is 0 Å². The molecule has 1 aliphatic heterocycles. The van der Waals surface area contributed by atoms with E-state index < -0.39 is 0 Å². The molecule has 3 unspecified atom stereocenters. The minimum Gasteiger partial charge on any atom is -0.388 e. The number of hydrogen-bond donors (Lipinski definition) is 1. The number of nitrogens with zero attached hydrogens (tertiary/aromatic N) is 1. The van der Waals surface area contributed by atoms with Gasteiger partial charge in [0.2, 0.25) is 0 Å². The van der Waals surface area contributed by atoms with E-state index >= 15 is 0 Å². The van der Waals surface area contributed by atoms with E-state index in [9.17, 15) is 5.11 Å². The second-order valence-corrected chi connectivity index (χ2v) is 6.63. The van der Waals surface area contributed by atoms with Crippen molar-refractivity contribution in [2.24, 2.45) is 0 Å². The molecular weight excluding hydrogens is 262 g/mol. The Hall–Kier alpha value is -0.900. The van der Waals surface area contributed by atoms with Crippen molar-refractivity contribution < 1.29 is 9.84 Å². The molecule has 0 amide bonds. The van der Waals surface area contributed by atoms with Gasteiger partial charge in [-0.3, -0.25) is 4.90 Å². The average Bonchev–Trinajstić information content (AvgIpc) is 2.34. The number of aryl methyl sites for hydroxylation is 3. The van der Waals surface area contributed by atoms with Crippen molar-refractivity contribution in [1.82, 2.24) is 4.90 Å². The SMILES string of the molecule is Cc1cc(C)c(C(O)CCN2CC(C)OC(C)C2)c(C)c1. The van der Waals surface area contributed by atoms with Crippen molar-refractivity contribution in [1.29, 1.82) is 0 Å². The Labute approximate surface area is 128 Å². The lowest BCUT2D eigenvalue weighted by Crippen LogP contribution is -2.45. The van der Waals surface area contributed by atoms with Crippen molar-refractivity contribution in [2.45, 2.75) is 59.4 Å². The van der Waals surface area contributed by atoms with Crippen LogP contribution >= 0.6 is 0 Å². The van der Waals surface area contributed by atoms with Gasteiger partial charge in [0, 0.05) is 19.6 Å². The molecule has 0 aliphatic carbocycles. The van der Waals surface area contributed by atoms with Gasteiger partial charge < -0.3 is 9.84 Å². The minimum atomic E-state index is -0.376. The summed E-state index contributed by atoms with van der Waals surface area (Å²) in [7, 11) is 0. The van der Waals surface area contributed by atoms with Crippen LogP contribution in [0.4, 0.5) is 0 Å². The van der Waals surface area contributed by atoms with E-state index in [1.54, 1.807) is 0 Å². The first-order valence-electron chi connectivity index (χ1n) is 8.00. The van der Waals surface area contributed by atoms with Gasteiger partial charge in [0.1, 0.15) is 0 Å². The molecule has 0 saturated carbocycles. The molecule has 1 aromatic carbocycles. The second-order valence-electron chi connectivity index (χ2n) is 6.63. The molecular formula is C18H29NO2. The molecule has 3 atom stereocenters. The maximum absolute atomic E-state index is 10.6. The Morgan fingerprint density at radius 1 is 1.14 bits per heavy atom.